The van der Waals surface area contributed by atoms with E-state index in [0.717, 1.165) is 12.8 Å². The normalized spacial score (nSPS) is 18.1. The summed E-state index contributed by atoms with van der Waals surface area (Å²) in [7, 11) is -3.11. The van der Waals surface area contributed by atoms with Crippen molar-refractivity contribution in [3.05, 3.63) is 0 Å². The van der Waals surface area contributed by atoms with Crippen molar-refractivity contribution >= 4 is 21.6 Å². The van der Waals surface area contributed by atoms with Crippen molar-refractivity contribution in [2.75, 3.05) is 31.4 Å². The lowest BCUT2D eigenvalue weighted by Gasteiger charge is -2.21. The molecule has 6 heteroatoms. The fourth-order valence-corrected chi connectivity index (χ4v) is 3.92. The third-order valence-corrected chi connectivity index (χ3v) is 4.90. The van der Waals surface area contributed by atoms with Gasteiger partial charge in [-0.1, -0.05) is 19.3 Å². The summed E-state index contributed by atoms with van der Waals surface area (Å²) in [6.45, 7) is 1.53. The van der Waals surface area contributed by atoms with Crippen LogP contribution in [0, 0.1) is 5.92 Å². The van der Waals surface area contributed by atoms with Gasteiger partial charge < -0.3 is 4.74 Å². The Morgan fingerprint density at radius 3 is 2.56 bits per heavy atom. The van der Waals surface area contributed by atoms with Gasteiger partial charge in [0.25, 0.3) is 0 Å². The van der Waals surface area contributed by atoms with Crippen LogP contribution in [0.4, 0.5) is 0 Å². The maximum Gasteiger partial charge on any atom is 0.211 e. The number of nitrogens with one attached hydrogen (secondary N) is 1. The van der Waals surface area contributed by atoms with Crippen molar-refractivity contribution in [2.24, 2.45) is 5.92 Å². The zero-order valence-corrected chi connectivity index (χ0v) is 12.4. The van der Waals surface area contributed by atoms with Crippen molar-refractivity contribution in [1.82, 2.24) is 4.72 Å². The smallest absolute Gasteiger partial charge is 0.211 e. The van der Waals surface area contributed by atoms with Gasteiger partial charge in [0.05, 0.1) is 12.4 Å². The van der Waals surface area contributed by atoms with E-state index in [2.05, 4.69) is 4.72 Å². The first-order valence-electron chi connectivity index (χ1n) is 6.75. The molecule has 0 bridgehead atoms. The molecule has 0 saturated heterocycles. The van der Waals surface area contributed by atoms with Gasteiger partial charge >= 0.3 is 0 Å². The van der Waals surface area contributed by atoms with E-state index in [1.54, 1.807) is 0 Å². The highest BCUT2D eigenvalue weighted by atomic mass is 35.5. The topological polar surface area (TPSA) is 55.4 Å². The fraction of sp³-hybridized carbons (Fsp3) is 1.00. The molecule has 0 atom stereocenters. The molecule has 0 aromatic heterocycles. The lowest BCUT2D eigenvalue weighted by atomic mass is 9.91. The molecule has 0 aromatic carbocycles. The summed E-state index contributed by atoms with van der Waals surface area (Å²) in [6.07, 6.45) is 6.40. The van der Waals surface area contributed by atoms with Gasteiger partial charge in [-0.3, -0.25) is 0 Å². The van der Waals surface area contributed by atoms with E-state index in [0.29, 0.717) is 38.0 Å². The van der Waals surface area contributed by atoms with Gasteiger partial charge in [-0.05, 0) is 25.2 Å². The number of rotatable bonds is 9. The summed E-state index contributed by atoms with van der Waals surface area (Å²) >= 11 is 5.46. The highest BCUT2D eigenvalue weighted by Gasteiger charge is 2.20. The van der Waals surface area contributed by atoms with E-state index in [4.69, 9.17) is 16.3 Å². The molecule has 1 rings (SSSR count). The van der Waals surface area contributed by atoms with Crippen LogP contribution in [0.3, 0.4) is 0 Å². The molecule has 108 valence electrons. The van der Waals surface area contributed by atoms with Crippen LogP contribution in [-0.4, -0.2) is 39.8 Å². The lowest BCUT2D eigenvalue weighted by molar-refractivity contribution is 0.147. The van der Waals surface area contributed by atoms with Crippen LogP contribution in [0.2, 0.25) is 0 Å². The van der Waals surface area contributed by atoms with Crippen molar-refractivity contribution in [2.45, 2.75) is 38.5 Å². The van der Waals surface area contributed by atoms with Crippen LogP contribution in [-0.2, 0) is 14.8 Å². The van der Waals surface area contributed by atoms with Crippen molar-refractivity contribution in [3.8, 4) is 0 Å². The SMILES string of the molecule is O=S(=O)(CC1CCCCC1)NCCCOCCCl. The second kappa shape index (κ2) is 9.13. The van der Waals surface area contributed by atoms with Crippen LogP contribution in [0.5, 0.6) is 0 Å². The first-order chi connectivity index (χ1) is 8.64. The van der Waals surface area contributed by atoms with E-state index in [1.807, 2.05) is 0 Å². The van der Waals surface area contributed by atoms with Gasteiger partial charge in [0.2, 0.25) is 10.0 Å². The van der Waals surface area contributed by atoms with E-state index < -0.39 is 10.0 Å². The summed E-state index contributed by atoms with van der Waals surface area (Å²) in [5.74, 6) is 1.12. The molecule has 1 saturated carbocycles. The molecule has 0 aliphatic heterocycles. The first kappa shape index (κ1) is 16.2. The molecule has 1 aliphatic rings. The zero-order valence-electron chi connectivity index (χ0n) is 10.9. The van der Waals surface area contributed by atoms with Gasteiger partial charge in [-0.25, -0.2) is 13.1 Å². The number of hydrogen-bond donors (Lipinski definition) is 1. The highest BCUT2D eigenvalue weighted by Crippen LogP contribution is 2.24. The molecule has 18 heavy (non-hydrogen) atoms. The lowest BCUT2D eigenvalue weighted by Crippen LogP contribution is -2.31. The average Bonchev–Trinajstić information content (AvgIpc) is 2.34. The maximum absolute atomic E-state index is 11.8. The second-order valence-corrected chi connectivity index (χ2v) is 7.06. The number of hydrogen-bond acceptors (Lipinski definition) is 3. The van der Waals surface area contributed by atoms with Gasteiger partial charge in [-0.2, -0.15) is 0 Å². The Bertz CT molecular complexity index is 302. The minimum atomic E-state index is -3.11. The van der Waals surface area contributed by atoms with Gasteiger partial charge in [0.15, 0.2) is 0 Å². The molecule has 1 fully saturated rings. The van der Waals surface area contributed by atoms with E-state index in [1.165, 1.54) is 19.3 Å². The van der Waals surface area contributed by atoms with Crippen LogP contribution >= 0.6 is 11.6 Å². The first-order valence-corrected chi connectivity index (χ1v) is 8.94. The van der Waals surface area contributed by atoms with Gasteiger partial charge in [0, 0.05) is 19.0 Å². The Labute approximate surface area is 115 Å². The molecule has 0 unspecified atom stereocenters. The number of halogens is 1. The molecule has 1 aliphatic carbocycles. The van der Waals surface area contributed by atoms with Crippen LogP contribution in [0.25, 0.3) is 0 Å². The van der Waals surface area contributed by atoms with Crippen LogP contribution < -0.4 is 4.72 Å². The molecule has 4 nitrogen and oxygen atoms in total. The maximum atomic E-state index is 11.8. The van der Waals surface area contributed by atoms with Crippen LogP contribution in [0.1, 0.15) is 38.5 Å². The largest absolute Gasteiger partial charge is 0.380 e. The fourth-order valence-electron chi connectivity index (χ4n) is 2.28. The Kier molecular flexibility index (Phi) is 8.22. The molecule has 1 N–H and O–H groups in total. The van der Waals surface area contributed by atoms with E-state index >= 15 is 0 Å². The van der Waals surface area contributed by atoms with Gasteiger partial charge in [-0.15, -0.1) is 11.6 Å². The number of sulfonamides is 1. The monoisotopic (exact) mass is 297 g/mol. The summed E-state index contributed by atoms with van der Waals surface area (Å²) in [5.41, 5.74) is 0. The summed E-state index contributed by atoms with van der Waals surface area (Å²) in [6, 6.07) is 0. The Morgan fingerprint density at radius 1 is 1.17 bits per heavy atom. The number of ether oxygens (including phenoxy) is 1. The zero-order chi connectivity index (χ0) is 13.3. The standard InChI is InChI=1S/C12H24ClNO3S/c13-7-10-17-9-4-8-14-18(15,16)11-12-5-2-1-3-6-12/h12,14H,1-11H2. The second-order valence-electron chi connectivity index (χ2n) is 4.83. The molecule has 0 spiro atoms. The van der Waals surface area contributed by atoms with Crippen molar-refractivity contribution in [1.29, 1.82) is 0 Å². The third kappa shape index (κ3) is 7.56. The van der Waals surface area contributed by atoms with E-state index in [-0.39, 0.29) is 5.75 Å². The molecule has 0 heterocycles. The molecule has 0 amide bonds. The van der Waals surface area contributed by atoms with Crippen LogP contribution in [0.15, 0.2) is 0 Å². The van der Waals surface area contributed by atoms with Crippen molar-refractivity contribution < 1.29 is 13.2 Å². The molecule has 0 aromatic rings. The van der Waals surface area contributed by atoms with E-state index in [9.17, 15) is 8.42 Å². The summed E-state index contributed by atoms with van der Waals surface area (Å²) < 4.78 is 31.5. The van der Waals surface area contributed by atoms with Gasteiger partial charge in [0.1, 0.15) is 0 Å². The summed E-state index contributed by atoms with van der Waals surface area (Å²) in [5, 5.41) is 0. The quantitative estimate of drug-likeness (QED) is 0.524. The minimum absolute atomic E-state index is 0.287. The highest BCUT2D eigenvalue weighted by molar-refractivity contribution is 7.89. The minimum Gasteiger partial charge on any atom is -0.380 e. The predicted octanol–water partition coefficient (Wildman–Crippen LogP) is 2.13. The third-order valence-electron chi connectivity index (χ3n) is 3.19. The Balaban J connectivity index is 2.11. The molecular weight excluding hydrogens is 274 g/mol. The van der Waals surface area contributed by atoms with Crippen molar-refractivity contribution in [3.63, 3.8) is 0 Å². The molecular formula is C12H24ClNO3S. The number of alkyl halides is 1. The Morgan fingerprint density at radius 2 is 1.89 bits per heavy atom. The predicted molar refractivity (Wildman–Crippen MR) is 74.5 cm³/mol. The molecule has 0 radical (unpaired) electrons. The Hall–Kier alpha value is 0.160. The summed E-state index contributed by atoms with van der Waals surface area (Å²) in [4.78, 5) is 0. The average molecular weight is 298 g/mol.